The first-order chi connectivity index (χ1) is 13.5. The van der Waals surface area contributed by atoms with E-state index in [1.54, 1.807) is 35.2 Å². The van der Waals surface area contributed by atoms with Crippen LogP contribution in [0.2, 0.25) is 0 Å². The Hall–Kier alpha value is -3.12. The molecule has 1 aliphatic heterocycles. The average molecular weight is 392 g/mol. The third-order valence-corrected chi connectivity index (χ3v) is 5.97. The van der Waals surface area contributed by atoms with Gasteiger partial charge < -0.3 is 4.90 Å². The topological polar surface area (TPSA) is 66.5 Å². The van der Waals surface area contributed by atoms with Crippen LogP contribution in [0.3, 0.4) is 0 Å². The number of rotatable bonds is 5. The molecule has 0 aromatic heterocycles. The first kappa shape index (κ1) is 18.3. The van der Waals surface area contributed by atoms with E-state index in [0.717, 1.165) is 16.8 Å². The van der Waals surface area contributed by atoms with Crippen LogP contribution < -0.4 is 9.62 Å². The van der Waals surface area contributed by atoms with Crippen molar-refractivity contribution in [3.63, 3.8) is 0 Å². The highest BCUT2D eigenvalue weighted by atomic mass is 32.2. The van der Waals surface area contributed by atoms with E-state index in [1.165, 1.54) is 0 Å². The van der Waals surface area contributed by atoms with Crippen molar-refractivity contribution in [2.24, 2.45) is 0 Å². The summed E-state index contributed by atoms with van der Waals surface area (Å²) in [5.41, 5.74) is 3.69. The summed E-state index contributed by atoms with van der Waals surface area (Å²) in [6.45, 7) is 0.587. The van der Waals surface area contributed by atoms with Crippen molar-refractivity contribution in [3.8, 4) is 0 Å². The van der Waals surface area contributed by atoms with E-state index in [-0.39, 0.29) is 11.7 Å². The summed E-state index contributed by atoms with van der Waals surface area (Å²) >= 11 is 0. The summed E-state index contributed by atoms with van der Waals surface area (Å²) in [7, 11) is -3.51. The number of benzene rings is 3. The van der Waals surface area contributed by atoms with E-state index in [4.69, 9.17) is 0 Å². The summed E-state index contributed by atoms with van der Waals surface area (Å²) in [5.74, 6) is -0.124. The molecule has 0 bridgehead atoms. The SMILES string of the molecule is O=C(c1ccccc1)N1CCc2cc(NS(=O)(=O)Cc3ccccc3)ccc21. The van der Waals surface area contributed by atoms with Crippen LogP contribution in [0.25, 0.3) is 0 Å². The van der Waals surface area contributed by atoms with Crippen LogP contribution in [-0.4, -0.2) is 20.9 Å². The van der Waals surface area contributed by atoms with Gasteiger partial charge >= 0.3 is 0 Å². The number of sulfonamides is 1. The number of fused-ring (bicyclic) bond motifs is 1. The molecule has 1 aliphatic rings. The minimum Gasteiger partial charge on any atom is -0.308 e. The Kier molecular flexibility index (Phi) is 4.88. The fraction of sp³-hybridized carbons (Fsp3) is 0.136. The van der Waals surface area contributed by atoms with Gasteiger partial charge in [-0.1, -0.05) is 48.5 Å². The average Bonchev–Trinajstić information content (AvgIpc) is 3.11. The summed E-state index contributed by atoms with van der Waals surface area (Å²) in [6, 6.07) is 23.6. The van der Waals surface area contributed by atoms with E-state index in [9.17, 15) is 13.2 Å². The third-order valence-electron chi connectivity index (χ3n) is 4.71. The zero-order valence-electron chi connectivity index (χ0n) is 15.2. The standard InChI is InChI=1S/C22H20N2O3S/c25-22(18-9-5-2-6-10-18)24-14-13-19-15-20(11-12-21(19)24)23-28(26,27)16-17-7-3-1-4-8-17/h1-12,15,23H,13-14,16H2. The molecule has 1 amide bonds. The maximum atomic E-state index is 12.7. The van der Waals surface area contributed by atoms with Gasteiger partial charge in [0.15, 0.2) is 0 Å². The van der Waals surface area contributed by atoms with Crippen LogP contribution in [0.15, 0.2) is 78.9 Å². The molecule has 1 N–H and O–H groups in total. The number of carbonyl (C=O) groups is 1. The van der Waals surface area contributed by atoms with Crippen LogP contribution in [0.1, 0.15) is 21.5 Å². The summed E-state index contributed by atoms with van der Waals surface area (Å²) in [5, 5.41) is 0. The molecule has 1 heterocycles. The molecule has 0 radical (unpaired) electrons. The van der Waals surface area contributed by atoms with Gasteiger partial charge in [-0.3, -0.25) is 9.52 Å². The van der Waals surface area contributed by atoms with Gasteiger partial charge in [-0.15, -0.1) is 0 Å². The lowest BCUT2D eigenvalue weighted by atomic mass is 10.1. The smallest absolute Gasteiger partial charge is 0.258 e. The highest BCUT2D eigenvalue weighted by Crippen LogP contribution is 2.32. The molecule has 5 nitrogen and oxygen atoms in total. The molecular formula is C22H20N2O3S. The Bertz CT molecular complexity index is 1100. The van der Waals surface area contributed by atoms with Crippen molar-refractivity contribution < 1.29 is 13.2 Å². The largest absolute Gasteiger partial charge is 0.308 e. The number of carbonyl (C=O) groups excluding carboxylic acids is 1. The van der Waals surface area contributed by atoms with Crippen molar-refractivity contribution in [2.75, 3.05) is 16.2 Å². The number of hydrogen-bond acceptors (Lipinski definition) is 3. The molecule has 0 unspecified atom stereocenters. The molecule has 142 valence electrons. The van der Waals surface area contributed by atoms with Crippen LogP contribution in [0.5, 0.6) is 0 Å². The lowest BCUT2D eigenvalue weighted by Crippen LogP contribution is -2.28. The monoisotopic (exact) mass is 392 g/mol. The van der Waals surface area contributed by atoms with Crippen LogP contribution in [-0.2, 0) is 22.2 Å². The molecule has 4 rings (SSSR count). The van der Waals surface area contributed by atoms with Gasteiger partial charge in [-0.25, -0.2) is 8.42 Å². The molecule has 0 saturated carbocycles. The highest BCUT2D eigenvalue weighted by Gasteiger charge is 2.26. The second-order valence-corrected chi connectivity index (χ2v) is 8.49. The maximum absolute atomic E-state index is 12.7. The van der Waals surface area contributed by atoms with Gasteiger partial charge in [0.2, 0.25) is 10.0 Å². The normalized spacial score (nSPS) is 13.2. The minimum atomic E-state index is -3.51. The molecule has 0 saturated heterocycles. The third kappa shape index (κ3) is 3.92. The summed E-state index contributed by atoms with van der Waals surface area (Å²) < 4.78 is 27.5. The minimum absolute atomic E-state index is 0.0447. The predicted octanol–water partition coefficient (Wildman–Crippen LogP) is 3.83. The zero-order chi connectivity index (χ0) is 19.6. The van der Waals surface area contributed by atoms with Gasteiger partial charge in [-0.2, -0.15) is 0 Å². The highest BCUT2D eigenvalue weighted by molar-refractivity contribution is 7.91. The Morgan fingerprint density at radius 2 is 1.61 bits per heavy atom. The Balaban J connectivity index is 1.51. The molecule has 0 spiro atoms. The second kappa shape index (κ2) is 7.48. The van der Waals surface area contributed by atoms with Crippen molar-refractivity contribution >= 4 is 27.3 Å². The molecule has 6 heteroatoms. The Morgan fingerprint density at radius 1 is 0.929 bits per heavy atom. The van der Waals surface area contributed by atoms with Crippen LogP contribution in [0.4, 0.5) is 11.4 Å². The van der Waals surface area contributed by atoms with Crippen molar-refractivity contribution in [2.45, 2.75) is 12.2 Å². The lowest BCUT2D eigenvalue weighted by Gasteiger charge is -2.18. The first-order valence-electron chi connectivity index (χ1n) is 9.06. The first-order valence-corrected chi connectivity index (χ1v) is 10.7. The van der Waals surface area contributed by atoms with Crippen LogP contribution in [0, 0.1) is 0 Å². The van der Waals surface area contributed by atoms with Gasteiger partial charge in [0.05, 0.1) is 5.75 Å². The molecule has 3 aromatic rings. The van der Waals surface area contributed by atoms with Crippen molar-refractivity contribution in [1.82, 2.24) is 0 Å². The predicted molar refractivity (Wildman–Crippen MR) is 111 cm³/mol. The Morgan fingerprint density at radius 3 is 2.32 bits per heavy atom. The van der Waals surface area contributed by atoms with Gasteiger partial charge in [-0.05, 0) is 47.9 Å². The fourth-order valence-electron chi connectivity index (χ4n) is 3.42. The zero-order valence-corrected chi connectivity index (χ0v) is 16.0. The van der Waals surface area contributed by atoms with Crippen LogP contribution >= 0.6 is 0 Å². The van der Waals surface area contributed by atoms with Gasteiger partial charge in [0, 0.05) is 23.5 Å². The summed E-state index contributed by atoms with van der Waals surface area (Å²) in [6.07, 6.45) is 0.697. The molecular weight excluding hydrogens is 372 g/mol. The lowest BCUT2D eigenvalue weighted by molar-refractivity contribution is 0.0989. The van der Waals surface area contributed by atoms with E-state index in [1.807, 2.05) is 48.5 Å². The second-order valence-electron chi connectivity index (χ2n) is 6.76. The van der Waals surface area contributed by atoms with Crippen molar-refractivity contribution in [1.29, 1.82) is 0 Å². The molecule has 0 atom stereocenters. The Labute approximate surface area is 164 Å². The van der Waals surface area contributed by atoms with Gasteiger partial charge in [0.25, 0.3) is 5.91 Å². The van der Waals surface area contributed by atoms with E-state index >= 15 is 0 Å². The number of amides is 1. The molecule has 3 aromatic carbocycles. The number of hydrogen-bond donors (Lipinski definition) is 1. The van der Waals surface area contributed by atoms with Gasteiger partial charge in [0.1, 0.15) is 0 Å². The molecule has 0 aliphatic carbocycles. The van der Waals surface area contributed by atoms with E-state index in [2.05, 4.69) is 4.72 Å². The number of nitrogens with zero attached hydrogens (tertiary/aromatic N) is 1. The molecule has 28 heavy (non-hydrogen) atoms. The van der Waals surface area contributed by atoms with Crippen molar-refractivity contribution in [3.05, 3.63) is 95.6 Å². The quantitative estimate of drug-likeness (QED) is 0.718. The number of anilines is 2. The van der Waals surface area contributed by atoms with E-state index < -0.39 is 10.0 Å². The molecule has 0 fully saturated rings. The van der Waals surface area contributed by atoms with E-state index in [0.29, 0.717) is 24.2 Å². The maximum Gasteiger partial charge on any atom is 0.258 e. The number of nitrogens with one attached hydrogen (secondary N) is 1. The fourth-order valence-corrected chi connectivity index (χ4v) is 4.61. The summed E-state index contributed by atoms with van der Waals surface area (Å²) in [4.78, 5) is 14.5.